The summed E-state index contributed by atoms with van der Waals surface area (Å²) in [5.74, 6) is -0.842. The highest BCUT2D eigenvalue weighted by Gasteiger charge is 2.01. The normalized spacial score (nSPS) is 15.1. The molecule has 0 rings (SSSR count). The number of hydrogen-bond donors (Lipinski definition) is 3. The first-order valence-electron chi connectivity index (χ1n) is 8.80. The first-order chi connectivity index (χ1) is 11.6. The zero-order valence-corrected chi connectivity index (χ0v) is 14.7. The van der Waals surface area contributed by atoms with Gasteiger partial charge in [-0.3, -0.25) is 4.79 Å². The summed E-state index contributed by atoms with van der Waals surface area (Å²) < 4.78 is 0. The van der Waals surface area contributed by atoms with Gasteiger partial charge in [0, 0.05) is 6.42 Å². The monoisotopic (exact) mass is 336 g/mol. The minimum absolute atomic E-state index is 0.0778. The van der Waals surface area contributed by atoms with Crippen molar-refractivity contribution in [3.63, 3.8) is 0 Å². The topological polar surface area (TPSA) is 77.8 Å². The Morgan fingerprint density at radius 3 is 2.21 bits per heavy atom. The van der Waals surface area contributed by atoms with Crippen molar-refractivity contribution in [3.05, 3.63) is 48.6 Å². The Kier molecular flexibility index (Phi) is 15.1. The molecular formula is C20H32O4. The standard InChI is InChI=1S/C20H32O4/c1-2-3-4-5-6-9-13-18(21)14-10-7-8-11-15-19(22)16-12-17-20(23)24/h6-11,14-15,18-19,21-22H,2-5,12-13,16-17H2,1H3,(H,23,24)/b8-7-,9-6-,14-10+,15-11+/t18-,19+/m0/s1. The maximum Gasteiger partial charge on any atom is 0.303 e. The van der Waals surface area contributed by atoms with Gasteiger partial charge in [-0.15, -0.1) is 0 Å². The Morgan fingerprint density at radius 2 is 1.58 bits per heavy atom. The molecule has 0 radical (unpaired) electrons. The number of unbranched alkanes of at least 4 members (excludes halogenated alkanes) is 3. The average molecular weight is 336 g/mol. The predicted octanol–water partition coefficient (Wildman–Crippen LogP) is 4.16. The second-order valence-electron chi connectivity index (χ2n) is 5.78. The molecular weight excluding hydrogens is 304 g/mol. The maximum atomic E-state index is 10.3. The lowest BCUT2D eigenvalue weighted by atomic mass is 10.1. The molecule has 0 spiro atoms. The number of carboxylic acid groups (broad SMARTS) is 1. The van der Waals surface area contributed by atoms with Gasteiger partial charge < -0.3 is 15.3 Å². The van der Waals surface area contributed by atoms with Crippen LogP contribution in [0.1, 0.15) is 58.3 Å². The summed E-state index contributed by atoms with van der Waals surface area (Å²) in [5.41, 5.74) is 0. The SMILES string of the molecule is CCCCC/C=C\C[C@H](O)/C=C/C=C\C=C\[C@@H](O)CCCC(=O)O. The van der Waals surface area contributed by atoms with E-state index in [1.54, 1.807) is 36.5 Å². The second kappa shape index (κ2) is 16.2. The molecule has 0 aromatic carbocycles. The van der Waals surface area contributed by atoms with Gasteiger partial charge in [0.2, 0.25) is 0 Å². The van der Waals surface area contributed by atoms with Crippen LogP contribution in [-0.4, -0.2) is 33.5 Å². The quantitative estimate of drug-likeness (QED) is 0.253. The van der Waals surface area contributed by atoms with Crippen molar-refractivity contribution in [2.75, 3.05) is 0 Å². The third-order valence-electron chi connectivity index (χ3n) is 3.41. The van der Waals surface area contributed by atoms with Gasteiger partial charge in [-0.1, -0.05) is 68.4 Å². The minimum atomic E-state index is -0.842. The highest BCUT2D eigenvalue weighted by atomic mass is 16.4. The average Bonchev–Trinajstić information content (AvgIpc) is 2.53. The molecule has 136 valence electrons. The molecule has 2 atom stereocenters. The van der Waals surface area contributed by atoms with Crippen molar-refractivity contribution in [1.29, 1.82) is 0 Å². The number of aliphatic carboxylic acids is 1. The highest BCUT2D eigenvalue weighted by Crippen LogP contribution is 2.03. The van der Waals surface area contributed by atoms with E-state index in [0.717, 1.165) is 6.42 Å². The van der Waals surface area contributed by atoms with E-state index < -0.39 is 18.2 Å². The van der Waals surface area contributed by atoms with E-state index in [1.807, 2.05) is 6.08 Å². The second-order valence-corrected chi connectivity index (χ2v) is 5.78. The van der Waals surface area contributed by atoms with Gasteiger partial charge in [-0.2, -0.15) is 0 Å². The van der Waals surface area contributed by atoms with Crippen molar-refractivity contribution in [1.82, 2.24) is 0 Å². The van der Waals surface area contributed by atoms with E-state index in [-0.39, 0.29) is 6.42 Å². The van der Waals surface area contributed by atoms with E-state index in [1.165, 1.54) is 19.3 Å². The third-order valence-corrected chi connectivity index (χ3v) is 3.41. The van der Waals surface area contributed by atoms with Gasteiger partial charge in [0.05, 0.1) is 12.2 Å². The predicted molar refractivity (Wildman–Crippen MR) is 98.8 cm³/mol. The first-order valence-corrected chi connectivity index (χ1v) is 8.80. The van der Waals surface area contributed by atoms with Crippen molar-refractivity contribution < 1.29 is 20.1 Å². The van der Waals surface area contributed by atoms with Crippen LogP contribution in [-0.2, 0) is 4.79 Å². The Bertz CT molecular complexity index is 421. The summed E-state index contributed by atoms with van der Waals surface area (Å²) in [7, 11) is 0. The van der Waals surface area contributed by atoms with E-state index in [4.69, 9.17) is 5.11 Å². The Hall–Kier alpha value is -1.65. The molecule has 0 aliphatic rings. The molecule has 0 unspecified atom stereocenters. The van der Waals surface area contributed by atoms with Gasteiger partial charge in [0.15, 0.2) is 0 Å². The number of carbonyl (C=O) groups is 1. The van der Waals surface area contributed by atoms with Crippen LogP contribution < -0.4 is 0 Å². The van der Waals surface area contributed by atoms with E-state index in [2.05, 4.69) is 13.0 Å². The van der Waals surface area contributed by atoms with Crippen LogP contribution in [0.15, 0.2) is 48.6 Å². The van der Waals surface area contributed by atoms with Crippen LogP contribution in [0.4, 0.5) is 0 Å². The number of hydrogen-bond acceptors (Lipinski definition) is 3. The summed E-state index contributed by atoms with van der Waals surface area (Å²) in [6.45, 7) is 2.18. The zero-order chi connectivity index (χ0) is 18.0. The van der Waals surface area contributed by atoms with Crippen molar-refractivity contribution in [3.8, 4) is 0 Å². The molecule has 0 aliphatic carbocycles. The summed E-state index contributed by atoms with van der Waals surface area (Å²) in [4.78, 5) is 10.3. The van der Waals surface area contributed by atoms with Crippen LogP contribution in [0.2, 0.25) is 0 Å². The molecule has 0 amide bonds. The number of aliphatic hydroxyl groups is 2. The number of rotatable bonds is 14. The van der Waals surface area contributed by atoms with E-state index in [0.29, 0.717) is 19.3 Å². The lowest BCUT2D eigenvalue weighted by Gasteiger charge is -2.02. The lowest BCUT2D eigenvalue weighted by molar-refractivity contribution is -0.137. The van der Waals surface area contributed by atoms with Crippen LogP contribution >= 0.6 is 0 Å². The zero-order valence-electron chi connectivity index (χ0n) is 14.7. The van der Waals surface area contributed by atoms with Crippen LogP contribution in [0.3, 0.4) is 0 Å². The van der Waals surface area contributed by atoms with Gasteiger partial charge in [-0.05, 0) is 32.1 Å². The molecule has 0 heterocycles. The van der Waals surface area contributed by atoms with Crippen LogP contribution in [0, 0.1) is 0 Å². The van der Waals surface area contributed by atoms with Crippen LogP contribution in [0.25, 0.3) is 0 Å². The maximum absolute atomic E-state index is 10.3. The fourth-order valence-corrected chi connectivity index (χ4v) is 2.02. The molecule has 24 heavy (non-hydrogen) atoms. The van der Waals surface area contributed by atoms with E-state index in [9.17, 15) is 15.0 Å². The summed E-state index contributed by atoms with van der Waals surface area (Å²) in [5, 5.41) is 27.9. The number of allylic oxidation sites excluding steroid dienone is 5. The fourth-order valence-electron chi connectivity index (χ4n) is 2.02. The van der Waals surface area contributed by atoms with Crippen LogP contribution in [0.5, 0.6) is 0 Å². The molecule has 0 aliphatic heterocycles. The summed E-state index contributed by atoms with van der Waals surface area (Å²) >= 11 is 0. The molecule has 0 fully saturated rings. The Labute approximate surface area is 145 Å². The van der Waals surface area contributed by atoms with E-state index >= 15 is 0 Å². The smallest absolute Gasteiger partial charge is 0.303 e. The van der Waals surface area contributed by atoms with Crippen molar-refractivity contribution in [2.24, 2.45) is 0 Å². The number of carboxylic acids is 1. The summed E-state index contributed by atoms with van der Waals surface area (Å²) in [6, 6.07) is 0. The number of aliphatic hydroxyl groups excluding tert-OH is 2. The van der Waals surface area contributed by atoms with Crippen molar-refractivity contribution >= 4 is 5.97 Å². The first kappa shape index (κ1) is 22.4. The fraction of sp³-hybridized carbons (Fsp3) is 0.550. The van der Waals surface area contributed by atoms with Gasteiger partial charge in [0.1, 0.15) is 0 Å². The molecule has 4 heteroatoms. The molecule has 0 saturated carbocycles. The van der Waals surface area contributed by atoms with Gasteiger partial charge in [-0.25, -0.2) is 0 Å². The molecule has 0 saturated heterocycles. The molecule has 0 aromatic rings. The Morgan fingerprint density at radius 1 is 0.917 bits per heavy atom. The van der Waals surface area contributed by atoms with Gasteiger partial charge in [0.25, 0.3) is 0 Å². The highest BCUT2D eigenvalue weighted by molar-refractivity contribution is 5.66. The Balaban J connectivity index is 3.81. The third kappa shape index (κ3) is 16.7. The minimum Gasteiger partial charge on any atom is -0.481 e. The van der Waals surface area contributed by atoms with Gasteiger partial charge >= 0.3 is 5.97 Å². The van der Waals surface area contributed by atoms with Crippen molar-refractivity contribution in [2.45, 2.75) is 70.5 Å². The lowest BCUT2D eigenvalue weighted by Crippen LogP contribution is -2.03. The summed E-state index contributed by atoms with van der Waals surface area (Å²) in [6.07, 6.45) is 19.8. The molecule has 0 bridgehead atoms. The molecule has 0 aromatic heterocycles. The largest absolute Gasteiger partial charge is 0.481 e. The molecule has 3 N–H and O–H groups in total. The molecule has 4 nitrogen and oxygen atoms in total.